The summed E-state index contributed by atoms with van der Waals surface area (Å²) in [4.78, 5) is 11.9. The molecule has 0 aliphatic heterocycles. The van der Waals surface area contributed by atoms with Gasteiger partial charge in [-0.2, -0.15) is 0 Å². The van der Waals surface area contributed by atoms with Crippen molar-refractivity contribution in [3.05, 3.63) is 12.2 Å². The molecular weight excluding hydrogens is 160 g/mol. The molecule has 0 aromatic heterocycles. The monoisotopic (exact) mass is 178 g/mol. The van der Waals surface area contributed by atoms with Crippen LogP contribution in [0.1, 0.15) is 39.5 Å². The molecule has 1 saturated carbocycles. The Morgan fingerprint density at radius 2 is 2.23 bits per heavy atom. The first kappa shape index (κ1) is 8.98. The lowest BCUT2D eigenvalue weighted by Crippen LogP contribution is -2.44. The number of ketones is 1. The van der Waals surface area contributed by atoms with Crippen LogP contribution in [-0.4, -0.2) is 5.78 Å². The highest BCUT2D eigenvalue weighted by atomic mass is 16.1. The van der Waals surface area contributed by atoms with Crippen molar-refractivity contribution in [1.29, 1.82) is 0 Å². The van der Waals surface area contributed by atoms with Gasteiger partial charge in [-0.1, -0.05) is 26.0 Å². The summed E-state index contributed by atoms with van der Waals surface area (Å²) in [7, 11) is 0. The third-order valence-electron chi connectivity index (χ3n) is 4.07. The first-order chi connectivity index (χ1) is 6.14. The molecule has 0 spiro atoms. The number of fused-ring (bicyclic) bond motifs is 1. The lowest BCUT2D eigenvalue weighted by molar-refractivity contribution is -0.136. The molecule has 0 N–H and O–H groups in total. The second kappa shape index (κ2) is 2.97. The molecule has 1 heteroatoms. The molecular formula is C12H18O. The van der Waals surface area contributed by atoms with Crippen LogP contribution in [0.15, 0.2) is 12.2 Å². The molecule has 72 valence electrons. The van der Waals surface area contributed by atoms with Gasteiger partial charge in [-0.15, -0.1) is 0 Å². The van der Waals surface area contributed by atoms with E-state index in [1.165, 1.54) is 0 Å². The molecule has 0 aromatic rings. The Hall–Kier alpha value is -0.590. The van der Waals surface area contributed by atoms with Crippen LogP contribution in [0.4, 0.5) is 0 Å². The molecule has 0 bridgehead atoms. The molecule has 0 amide bonds. The van der Waals surface area contributed by atoms with Gasteiger partial charge in [0.25, 0.3) is 0 Å². The highest BCUT2D eigenvalue weighted by Crippen LogP contribution is 2.48. The van der Waals surface area contributed by atoms with Crippen LogP contribution >= 0.6 is 0 Å². The second-order valence-electron chi connectivity index (χ2n) is 4.87. The summed E-state index contributed by atoms with van der Waals surface area (Å²) >= 11 is 0. The van der Waals surface area contributed by atoms with Crippen LogP contribution in [-0.2, 0) is 4.79 Å². The lowest BCUT2D eigenvalue weighted by Gasteiger charge is -2.45. The zero-order chi connectivity index (χ0) is 9.47. The van der Waals surface area contributed by atoms with E-state index in [0.29, 0.717) is 11.7 Å². The van der Waals surface area contributed by atoms with E-state index in [4.69, 9.17) is 0 Å². The number of hydrogen-bond donors (Lipinski definition) is 0. The SMILES string of the molecule is C[C@H]1CCC(=O)[C@@]2(C)CC=CC[C@@H]12. The average molecular weight is 178 g/mol. The van der Waals surface area contributed by atoms with Crippen molar-refractivity contribution in [2.75, 3.05) is 0 Å². The Labute approximate surface area is 80.2 Å². The van der Waals surface area contributed by atoms with Gasteiger partial charge in [0.2, 0.25) is 0 Å². The normalized spacial score (nSPS) is 44.6. The van der Waals surface area contributed by atoms with E-state index >= 15 is 0 Å². The molecule has 1 nitrogen and oxygen atoms in total. The number of carbonyl (C=O) groups is 1. The first-order valence-electron chi connectivity index (χ1n) is 5.33. The summed E-state index contributed by atoms with van der Waals surface area (Å²) in [5.41, 5.74) is -0.0214. The standard InChI is InChI=1S/C12H18O/c1-9-6-7-11(13)12(2)8-4-3-5-10(9)12/h3-4,9-10H,5-8H2,1-2H3/t9-,10-,12-/m0/s1. The summed E-state index contributed by atoms with van der Waals surface area (Å²) in [5.74, 6) is 1.84. The summed E-state index contributed by atoms with van der Waals surface area (Å²) in [6.07, 6.45) is 8.44. The van der Waals surface area contributed by atoms with E-state index in [1.807, 2.05) is 0 Å². The van der Waals surface area contributed by atoms with E-state index < -0.39 is 0 Å². The molecule has 1 fully saturated rings. The van der Waals surface area contributed by atoms with E-state index in [2.05, 4.69) is 26.0 Å². The molecule has 2 aliphatic carbocycles. The third-order valence-corrected chi connectivity index (χ3v) is 4.07. The largest absolute Gasteiger partial charge is 0.299 e. The Bertz CT molecular complexity index is 254. The Balaban J connectivity index is 2.31. The first-order valence-corrected chi connectivity index (χ1v) is 5.33. The van der Waals surface area contributed by atoms with Crippen molar-refractivity contribution in [3.8, 4) is 0 Å². The smallest absolute Gasteiger partial charge is 0.139 e. The van der Waals surface area contributed by atoms with E-state index in [0.717, 1.165) is 31.6 Å². The Morgan fingerprint density at radius 3 is 2.92 bits per heavy atom. The van der Waals surface area contributed by atoms with Crippen molar-refractivity contribution >= 4 is 5.78 Å². The average Bonchev–Trinajstić information content (AvgIpc) is 2.12. The van der Waals surface area contributed by atoms with Gasteiger partial charge >= 0.3 is 0 Å². The zero-order valence-corrected chi connectivity index (χ0v) is 8.55. The van der Waals surface area contributed by atoms with Crippen molar-refractivity contribution in [2.45, 2.75) is 39.5 Å². The second-order valence-corrected chi connectivity index (χ2v) is 4.87. The lowest BCUT2D eigenvalue weighted by atomic mass is 9.58. The minimum atomic E-state index is -0.0214. The molecule has 3 atom stereocenters. The fourth-order valence-electron chi connectivity index (χ4n) is 3.01. The summed E-state index contributed by atoms with van der Waals surface area (Å²) in [6, 6.07) is 0. The van der Waals surface area contributed by atoms with Crippen molar-refractivity contribution < 1.29 is 4.79 Å². The summed E-state index contributed by atoms with van der Waals surface area (Å²) < 4.78 is 0. The van der Waals surface area contributed by atoms with Crippen LogP contribution in [0.3, 0.4) is 0 Å². The van der Waals surface area contributed by atoms with Crippen LogP contribution in [0.5, 0.6) is 0 Å². The van der Waals surface area contributed by atoms with Crippen LogP contribution < -0.4 is 0 Å². The zero-order valence-electron chi connectivity index (χ0n) is 8.55. The number of hydrogen-bond acceptors (Lipinski definition) is 1. The van der Waals surface area contributed by atoms with Crippen LogP contribution in [0.25, 0.3) is 0 Å². The van der Waals surface area contributed by atoms with E-state index in [-0.39, 0.29) is 5.41 Å². The van der Waals surface area contributed by atoms with Gasteiger partial charge in [-0.25, -0.2) is 0 Å². The highest BCUT2D eigenvalue weighted by molar-refractivity contribution is 5.86. The maximum absolute atomic E-state index is 11.9. The van der Waals surface area contributed by atoms with E-state index in [1.54, 1.807) is 0 Å². The van der Waals surface area contributed by atoms with Gasteiger partial charge in [0.15, 0.2) is 0 Å². The number of allylic oxidation sites excluding steroid dienone is 2. The van der Waals surface area contributed by atoms with Gasteiger partial charge in [0.1, 0.15) is 5.78 Å². The molecule has 2 aliphatic rings. The molecule has 2 rings (SSSR count). The van der Waals surface area contributed by atoms with E-state index in [9.17, 15) is 4.79 Å². The van der Waals surface area contributed by atoms with Gasteiger partial charge in [-0.3, -0.25) is 4.79 Å². The summed E-state index contributed by atoms with van der Waals surface area (Å²) in [6.45, 7) is 4.47. The van der Waals surface area contributed by atoms with Gasteiger partial charge < -0.3 is 0 Å². The maximum atomic E-state index is 11.9. The highest BCUT2D eigenvalue weighted by Gasteiger charge is 2.45. The molecule has 13 heavy (non-hydrogen) atoms. The maximum Gasteiger partial charge on any atom is 0.139 e. The van der Waals surface area contributed by atoms with Gasteiger partial charge in [0.05, 0.1) is 0 Å². The van der Waals surface area contributed by atoms with Crippen LogP contribution in [0.2, 0.25) is 0 Å². The number of carbonyl (C=O) groups excluding carboxylic acids is 1. The molecule has 0 unspecified atom stereocenters. The Kier molecular flexibility index (Phi) is 2.05. The minimum absolute atomic E-state index is 0.0214. The topological polar surface area (TPSA) is 17.1 Å². The third kappa shape index (κ3) is 1.25. The van der Waals surface area contributed by atoms with Crippen LogP contribution in [0, 0.1) is 17.3 Å². The predicted molar refractivity (Wildman–Crippen MR) is 53.4 cm³/mol. The number of Topliss-reactive ketones (excluding diaryl/α,β-unsaturated/α-hetero) is 1. The fourth-order valence-corrected chi connectivity index (χ4v) is 3.01. The molecule has 0 radical (unpaired) electrons. The summed E-state index contributed by atoms with van der Waals surface area (Å²) in [5, 5.41) is 0. The predicted octanol–water partition coefficient (Wildman–Crippen LogP) is 2.96. The fraction of sp³-hybridized carbons (Fsp3) is 0.750. The molecule has 0 heterocycles. The minimum Gasteiger partial charge on any atom is -0.299 e. The number of rotatable bonds is 0. The van der Waals surface area contributed by atoms with Gasteiger partial charge in [-0.05, 0) is 31.1 Å². The Morgan fingerprint density at radius 1 is 1.46 bits per heavy atom. The van der Waals surface area contributed by atoms with Crippen molar-refractivity contribution in [2.24, 2.45) is 17.3 Å². The quantitative estimate of drug-likeness (QED) is 0.521. The molecule has 0 aromatic carbocycles. The molecule has 0 saturated heterocycles. The van der Waals surface area contributed by atoms with Crippen molar-refractivity contribution in [3.63, 3.8) is 0 Å². The van der Waals surface area contributed by atoms with Crippen molar-refractivity contribution in [1.82, 2.24) is 0 Å². The van der Waals surface area contributed by atoms with Gasteiger partial charge in [0, 0.05) is 11.8 Å².